The molecule has 0 amide bonds. The number of aromatic nitrogens is 1. The van der Waals surface area contributed by atoms with E-state index in [-0.39, 0.29) is 5.78 Å². The van der Waals surface area contributed by atoms with Gasteiger partial charge in [-0.25, -0.2) is 4.98 Å². The number of ketones is 1. The molecule has 0 aliphatic carbocycles. The normalized spacial score (nSPS) is 9.56. The van der Waals surface area contributed by atoms with Crippen LogP contribution < -0.4 is 0 Å². The molecule has 0 bridgehead atoms. The van der Waals surface area contributed by atoms with Crippen LogP contribution in [0.5, 0.6) is 0 Å². The van der Waals surface area contributed by atoms with E-state index in [1.165, 1.54) is 0 Å². The Bertz CT molecular complexity index is 500. The number of nitrogens with zero attached hydrogens (tertiary/aromatic N) is 1. The predicted octanol–water partition coefficient (Wildman–Crippen LogP) is 3.81. The summed E-state index contributed by atoms with van der Waals surface area (Å²) in [4.78, 5) is 15.4. The highest BCUT2D eigenvalue weighted by Crippen LogP contribution is 2.21. The molecule has 1 aromatic heterocycles. The van der Waals surface area contributed by atoms with Crippen molar-refractivity contribution in [2.24, 2.45) is 0 Å². The Labute approximate surface area is 108 Å². The smallest absolute Gasteiger partial charge is 0.226 e. The molecule has 2 aromatic rings. The van der Waals surface area contributed by atoms with Crippen molar-refractivity contribution in [3.05, 3.63) is 41.8 Å². The number of rotatable bonds is 3. The highest BCUT2D eigenvalue weighted by Gasteiger charge is 2.12. The molecule has 0 N–H and O–H groups in total. The maximum Gasteiger partial charge on any atom is 0.226 e. The zero-order chi connectivity index (χ0) is 13.5. The Hall–Kier alpha value is -1.90. The Morgan fingerprint density at radius 2 is 1.83 bits per heavy atom. The first kappa shape index (κ1) is 14.2. The first-order valence-electron chi connectivity index (χ1n) is 6.18. The van der Waals surface area contributed by atoms with Crippen molar-refractivity contribution < 1.29 is 9.21 Å². The topological polar surface area (TPSA) is 43.1 Å². The van der Waals surface area contributed by atoms with E-state index < -0.39 is 0 Å². The Kier molecular flexibility index (Phi) is 5.31. The molecule has 0 saturated carbocycles. The van der Waals surface area contributed by atoms with Gasteiger partial charge in [0.2, 0.25) is 5.89 Å². The second-order valence-corrected chi connectivity index (χ2v) is 3.77. The number of hydrogen-bond acceptors (Lipinski definition) is 3. The van der Waals surface area contributed by atoms with E-state index in [1.807, 2.05) is 51.1 Å². The van der Waals surface area contributed by atoms with E-state index >= 15 is 0 Å². The molecule has 0 spiro atoms. The number of hydrogen-bond donors (Lipinski definition) is 0. The van der Waals surface area contributed by atoms with Gasteiger partial charge in [0.1, 0.15) is 11.5 Å². The van der Waals surface area contributed by atoms with Crippen LogP contribution >= 0.6 is 0 Å². The molecule has 1 heterocycles. The fraction of sp³-hybridized carbons (Fsp3) is 0.333. The molecule has 0 atom stereocenters. The van der Waals surface area contributed by atoms with Gasteiger partial charge in [-0.2, -0.15) is 0 Å². The predicted molar refractivity (Wildman–Crippen MR) is 72.4 cm³/mol. The lowest BCUT2D eigenvalue weighted by Gasteiger charge is -1.92. The summed E-state index contributed by atoms with van der Waals surface area (Å²) < 4.78 is 5.54. The summed E-state index contributed by atoms with van der Waals surface area (Å²) in [6.45, 7) is 7.38. The third-order valence-electron chi connectivity index (χ3n) is 2.33. The quantitative estimate of drug-likeness (QED) is 0.825. The van der Waals surface area contributed by atoms with Crippen LogP contribution in [0.4, 0.5) is 0 Å². The van der Waals surface area contributed by atoms with Crippen LogP contribution in [0.2, 0.25) is 0 Å². The number of carbonyl (C=O) groups excluding carboxylic acids is 1. The van der Waals surface area contributed by atoms with E-state index in [4.69, 9.17) is 4.42 Å². The maximum absolute atomic E-state index is 11.0. The van der Waals surface area contributed by atoms with E-state index in [0.717, 1.165) is 11.3 Å². The van der Waals surface area contributed by atoms with Crippen LogP contribution in [0.15, 0.2) is 34.7 Å². The zero-order valence-electron chi connectivity index (χ0n) is 11.4. The van der Waals surface area contributed by atoms with Crippen molar-refractivity contribution in [3.8, 4) is 11.5 Å². The van der Waals surface area contributed by atoms with Crippen LogP contribution in [-0.2, 0) is 11.2 Å². The molecule has 0 radical (unpaired) electrons. The number of carbonyl (C=O) groups is 1. The van der Waals surface area contributed by atoms with Crippen LogP contribution in [0, 0.1) is 6.92 Å². The first-order chi connectivity index (χ1) is 8.66. The van der Waals surface area contributed by atoms with E-state index in [2.05, 4.69) is 4.98 Å². The molecule has 96 valence electrons. The largest absolute Gasteiger partial charge is 0.441 e. The molecule has 0 fully saturated rings. The van der Waals surface area contributed by atoms with Crippen molar-refractivity contribution in [3.63, 3.8) is 0 Å². The molecule has 3 nitrogen and oxygen atoms in total. The van der Waals surface area contributed by atoms with Gasteiger partial charge in [0.25, 0.3) is 0 Å². The molecule has 1 aromatic carbocycles. The molecular formula is C15H19NO2. The van der Waals surface area contributed by atoms with Gasteiger partial charge in [-0.05, 0) is 26.0 Å². The van der Waals surface area contributed by atoms with Crippen LogP contribution in [-0.4, -0.2) is 10.8 Å². The lowest BCUT2D eigenvalue weighted by molar-refractivity contribution is -0.116. The first-order valence-corrected chi connectivity index (χ1v) is 6.18. The lowest BCUT2D eigenvalue weighted by atomic mass is 10.2. The number of aryl methyl sites for hydroxylation is 1. The summed E-state index contributed by atoms with van der Waals surface area (Å²) in [5.74, 6) is 1.39. The van der Waals surface area contributed by atoms with E-state index in [0.29, 0.717) is 18.1 Å². The monoisotopic (exact) mass is 245 g/mol. The molecule has 0 aliphatic rings. The van der Waals surface area contributed by atoms with Crippen molar-refractivity contribution in [1.29, 1.82) is 0 Å². The minimum absolute atomic E-state index is 0.0935. The number of Topliss-reactive ketones (excluding diaryl/α,β-unsaturated/α-hetero) is 1. The van der Waals surface area contributed by atoms with Gasteiger partial charge in [0.15, 0.2) is 0 Å². The van der Waals surface area contributed by atoms with Crippen molar-refractivity contribution >= 4 is 5.78 Å². The summed E-state index contributed by atoms with van der Waals surface area (Å²) in [5, 5.41) is 0. The molecule has 18 heavy (non-hydrogen) atoms. The van der Waals surface area contributed by atoms with Crippen molar-refractivity contribution in [1.82, 2.24) is 4.98 Å². The summed E-state index contributed by atoms with van der Waals surface area (Å²) >= 11 is 0. The average Bonchev–Trinajstić information content (AvgIpc) is 2.74. The molecule has 0 unspecified atom stereocenters. The van der Waals surface area contributed by atoms with Crippen molar-refractivity contribution in [2.75, 3.05) is 0 Å². The molecule has 0 aliphatic heterocycles. The second kappa shape index (κ2) is 6.74. The molecular weight excluding hydrogens is 226 g/mol. The summed E-state index contributed by atoms with van der Waals surface area (Å²) in [6.07, 6.45) is 0.335. The number of benzene rings is 1. The van der Waals surface area contributed by atoms with Gasteiger partial charge in [-0.1, -0.05) is 32.0 Å². The van der Waals surface area contributed by atoms with E-state index in [9.17, 15) is 4.79 Å². The van der Waals surface area contributed by atoms with Crippen LogP contribution in [0.3, 0.4) is 0 Å². The van der Waals surface area contributed by atoms with Crippen LogP contribution in [0.25, 0.3) is 11.5 Å². The average molecular weight is 245 g/mol. The Morgan fingerprint density at radius 3 is 2.39 bits per heavy atom. The third kappa shape index (κ3) is 3.55. The standard InChI is InChI=1S/C13H13NO2.C2H6/c1-9(15)8-12-10(2)16-13(14-12)11-6-4-3-5-7-11;1-2/h3-7H,8H2,1-2H3;1-2H3. The molecule has 0 saturated heterocycles. The van der Waals surface area contributed by atoms with Crippen molar-refractivity contribution in [2.45, 2.75) is 34.1 Å². The van der Waals surface area contributed by atoms with E-state index in [1.54, 1.807) is 6.92 Å². The van der Waals surface area contributed by atoms with Gasteiger partial charge in [-0.15, -0.1) is 0 Å². The highest BCUT2D eigenvalue weighted by molar-refractivity contribution is 5.78. The minimum Gasteiger partial charge on any atom is -0.441 e. The van der Waals surface area contributed by atoms with Gasteiger partial charge in [-0.3, -0.25) is 4.79 Å². The van der Waals surface area contributed by atoms with Crippen LogP contribution in [0.1, 0.15) is 32.2 Å². The number of oxazole rings is 1. The second-order valence-electron chi connectivity index (χ2n) is 3.77. The zero-order valence-corrected chi connectivity index (χ0v) is 11.4. The minimum atomic E-state index is 0.0935. The maximum atomic E-state index is 11.0. The Balaban J connectivity index is 0.000000771. The van der Waals surface area contributed by atoms with Gasteiger partial charge in [0.05, 0.1) is 12.1 Å². The highest BCUT2D eigenvalue weighted by atomic mass is 16.4. The van der Waals surface area contributed by atoms with Gasteiger partial charge >= 0.3 is 0 Å². The third-order valence-corrected chi connectivity index (χ3v) is 2.33. The fourth-order valence-corrected chi connectivity index (χ4v) is 1.53. The summed E-state index contributed by atoms with van der Waals surface area (Å²) in [7, 11) is 0. The SMILES string of the molecule is CC.CC(=O)Cc1nc(-c2ccccc2)oc1C. The van der Waals surface area contributed by atoms with Gasteiger partial charge < -0.3 is 4.42 Å². The molecule has 2 rings (SSSR count). The fourth-order valence-electron chi connectivity index (χ4n) is 1.53. The summed E-state index contributed by atoms with van der Waals surface area (Å²) in [5.41, 5.74) is 1.66. The Morgan fingerprint density at radius 1 is 1.22 bits per heavy atom. The van der Waals surface area contributed by atoms with Gasteiger partial charge in [0, 0.05) is 5.56 Å². The lowest BCUT2D eigenvalue weighted by Crippen LogP contribution is -1.97. The summed E-state index contributed by atoms with van der Waals surface area (Å²) in [6, 6.07) is 9.67. The molecule has 3 heteroatoms.